The molecule has 0 unspecified atom stereocenters. The molecule has 1 atom stereocenters. The van der Waals surface area contributed by atoms with Gasteiger partial charge in [-0.05, 0) is 48.6 Å². The predicted molar refractivity (Wildman–Crippen MR) is 123 cm³/mol. The van der Waals surface area contributed by atoms with Crippen LogP contribution >= 0.6 is 34.7 Å². The monoisotopic (exact) mass is 444 g/mol. The van der Waals surface area contributed by atoms with Gasteiger partial charge in [-0.25, -0.2) is 0 Å². The lowest BCUT2D eigenvalue weighted by atomic mass is 10.2. The minimum absolute atomic E-state index is 0.0645. The Kier molecular flexibility index (Phi) is 5.81. The van der Waals surface area contributed by atoms with E-state index >= 15 is 0 Å². The number of thiophene rings is 1. The number of rotatable bonds is 6. The van der Waals surface area contributed by atoms with E-state index in [9.17, 15) is 4.79 Å². The Hall–Kier alpha value is -2.09. The Bertz CT molecular complexity index is 1200. The molecule has 0 spiro atoms. The molecule has 0 fully saturated rings. The van der Waals surface area contributed by atoms with Crippen LogP contribution in [0.4, 0.5) is 5.69 Å². The highest BCUT2D eigenvalue weighted by Gasteiger charge is 2.22. The number of anilines is 1. The standard InChI is InChI=1S/C21H21ClN4OS2/c1-4-17(20(27)23-13-7-6-12(3)14(22)10-13)29-21-16-11-18-15(8-9-28-18)26(16)19(5-2)24-25-21/h6-11,17H,4-5H2,1-3H3,(H,23,27)/t17-/m0/s1. The quantitative estimate of drug-likeness (QED) is 0.372. The first-order chi connectivity index (χ1) is 14.0. The highest BCUT2D eigenvalue weighted by Crippen LogP contribution is 2.34. The van der Waals surface area contributed by atoms with E-state index in [-0.39, 0.29) is 11.2 Å². The van der Waals surface area contributed by atoms with Gasteiger partial charge < -0.3 is 5.32 Å². The van der Waals surface area contributed by atoms with Gasteiger partial charge in [-0.3, -0.25) is 9.20 Å². The summed E-state index contributed by atoms with van der Waals surface area (Å²) in [7, 11) is 0. The molecular weight excluding hydrogens is 424 g/mol. The molecule has 0 aliphatic carbocycles. The lowest BCUT2D eigenvalue weighted by molar-refractivity contribution is -0.115. The van der Waals surface area contributed by atoms with Crippen LogP contribution < -0.4 is 5.32 Å². The van der Waals surface area contributed by atoms with Crippen molar-refractivity contribution in [3.05, 3.63) is 52.1 Å². The van der Waals surface area contributed by atoms with Crippen LogP contribution in [-0.4, -0.2) is 25.8 Å². The molecule has 1 N–H and O–H groups in total. The third kappa shape index (κ3) is 3.86. The summed E-state index contributed by atoms with van der Waals surface area (Å²) in [6.07, 6.45) is 1.47. The molecular formula is C21H21ClN4OS2. The van der Waals surface area contributed by atoms with E-state index < -0.39 is 0 Å². The van der Waals surface area contributed by atoms with Gasteiger partial charge in [0.25, 0.3) is 0 Å². The molecule has 1 amide bonds. The van der Waals surface area contributed by atoms with Crippen LogP contribution in [0.3, 0.4) is 0 Å². The van der Waals surface area contributed by atoms with Gasteiger partial charge in [0.05, 0.1) is 21.0 Å². The number of hydrogen-bond acceptors (Lipinski definition) is 5. The predicted octanol–water partition coefficient (Wildman–Crippen LogP) is 5.98. The Morgan fingerprint density at radius 1 is 1.24 bits per heavy atom. The van der Waals surface area contributed by atoms with Crippen molar-refractivity contribution >= 4 is 62.0 Å². The van der Waals surface area contributed by atoms with Gasteiger partial charge in [0.1, 0.15) is 10.9 Å². The second kappa shape index (κ2) is 8.34. The van der Waals surface area contributed by atoms with Gasteiger partial charge in [-0.2, -0.15) is 0 Å². The minimum Gasteiger partial charge on any atom is -0.325 e. The van der Waals surface area contributed by atoms with Crippen molar-refractivity contribution in [2.75, 3.05) is 5.32 Å². The van der Waals surface area contributed by atoms with Crippen molar-refractivity contribution in [1.29, 1.82) is 0 Å². The maximum Gasteiger partial charge on any atom is 0.237 e. The summed E-state index contributed by atoms with van der Waals surface area (Å²) in [5.74, 6) is 0.856. The van der Waals surface area contributed by atoms with Crippen LogP contribution in [0.1, 0.15) is 31.7 Å². The van der Waals surface area contributed by atoms with E-state index in [2.05, 4.69) is 44.4 Å². The second-order valence-electron chi connectivity index (χ2n) is 6.78. The summed E-state index contributed by atoms with van der Waals surface area (Å²) >= 11 is 9.34. The van der Waals surface area contributed by atoms with Crippen molar-refractivity contribution in [2.45, 2.75) is 43.9 Å². The Morgan fingerprint density at radius 2 is 2.07 bits per heavy atom. The average molecular weight is 445 g/mol. The summed E-state index contributed by atoms with van der Waals surface area (Å²) in [6, 6.07) is 9.79. The van der Waals surface area contributed by atoms with Gasteiger partial charge >= 0.3 is 0 Å². The number of fused-ring (bicyclic) bond motifs is 3. The molecule has 1 aromatic carbocycles. The Balaban J connectivity index is 1.63. The van der Waals surface area contributed by atoms with Crippen molar-refractivity contribution in [1.82, 2.24) is 14.6 Å². The van der Waals surface area contributed by atoms with E-state index in [0.29, 0.717) is 17.1 Å². The number of thioether (sulfide) groups is 1. The van der Waals surface area contributed by atoms with Crippen LogP contribution in [0.5, 0.6) is 0 Å². The summed E-state index contributed by atoms with van der Waals surface area (Å²) in [6.45, 7) is 6.01. The van der Waals surface area contributed by atoms with Crippen molar-refractivity contribution in [3.63, 3.8) is 0 Å². The van der Waals surface area contributed by atoms with Crippen molar-refractivity contribution < 1.29 is 4.79 Å². The van der Waals surface area contributed by atoms with Crippen LogP contribution in [0.15, 0.2) is 40.7 Å². The van der Waals surface area contributed by atoms with Gasteiger partial charge in [-0.15, -0.1) is 21.5 Å². The fourth-order valence-corrected chi connectivity index (χ4v) is 5.17. The molecule has 0 saturated carbocycles. The zero-order valence-corrected chi connectivity index (χ0v) is 18.8. The fraction of sp³-hybridized carbons (Fsp3) is 0.286. The highest BCUT2D eigenvalue weighted by molar-refractivity contribution is 8.00. The number of aromatic nitrogens is 3. The smallest absolute Gasteiger partial charge is 0.237 e. The average Bonchev–Trinajstić information content (AvgIpc) is 3.30. The van der Waals surface area contributed by atoms with Gasteiger partial charge in [0, 0.05) is 17.1 Å². The third-order valence-electron chi connectivity index (χ3n) is 4.83. The van der Waals surface area contributed by atoms with Crippen LogP contribution in [-0.2, 0) is 11.2 Å². The molecule has 3 aromatic heterocycles. The number of hydrogen-bond donors (Lipinski definition) is 1. The first-order valence-corrected chi connectivity index (χ1v) is 11.6. The van der Waals surface area contributed by atoms with E-state index in [1.165, 1.54) is 16.5 Å². The summed E-state index contributed by atoms with van der Waals surface area (Å²) in [4.78, 5) is 12.9. The number of halogens is 1. The topological polar surface area (TPSA) is 59.3 Å². The van der Waals surface area contributed by atoms with Crippen LogP contribution in [0, 0.1) is 6.92 Å². The molecule has 4 rings (SSSR count). The SMILES string of the molecule is CCc1nnc(S[C@@H](CC)C(=O)Nc2ccc(C)c(Cl)c2)c2cc3sccc3n12. The molecule has 150 valence electrons. The lowest BCUT2D eigenvalue weighted by Gasteiger charge is -2.15. The molecule has 29 heavy (non-hydrogen) atoms. The molecule has 5 nitrogen and oxygen atoms in total. The fourth-order valence-electron chi connectivity index (χ4n) is 3.22. The molecule has 4 aromatic rings. The second-order valence-corrected chi connectivity index (χ2v) is 9.32. The lowest BCUT2D eigenvalue weighted by Crippen LogP contribution is -2.25. The van der Waals surface area contributed by atoms with Crippen LogP contribution in [0.25, 0.3) is 15.7 Å². The van der Waals surface area contributed by atoms with Gasteiger partial charge in [-0.1, -0.05) is 43.3 Å². The Morgan fingerprint density at radius 3 is 2.79 bits per heavy atom. The largest absolute Gasteiger partial charge is 0.325 e. The molecule has 0 saturated heterocycles. The van der Waals surface area contributed by atoms with E-state index in [0.717, 1.165) is 33.9 Å². The normalized spacial score (nSPS) is 12.6. The first-order valence-electron chi connectivity index (χ1n) is 9.49. The number of benzene rings is 1. The zero-order chi connectivity index (χ0) is 20.5. The van der Waals surface area contributed by atoms with Crippen molar-refractivity contribution in [2.24, 2.45) is 0 Å². The summed E-state index contributed by atoms with van der Waals surface area (Å²) < 4.78 is 3.36. The number of nitrogens with zero attached hydrogens (tertiary/aromatic N) is 3. The molecule has 0 aliphatic rings. The number of nitrogens with one attached hydrogen (secondary N) is 1. The number of carbonyl (C=O) groups is 1. The van der Waals surface area contributed by atoms with E-state index in [1.807, 2.05) is 26.0 Å². The minimum atomic E-state index is -0.284. The number of aryl methyl sites for hydroxylation is 2. The Labute approximate surface area is 182 Å². The third-order valence-corrected chi connectivity index (χ3v) is 7.44. The van der Waals surface area contributed by atoms with Crippen LogP contribution in [0.2, 0.25) is 5.02 Å². The molecule has 8 heteroatoms. The van der Waals surface area contributed by atoms with E-state index in [4.69, 9.17) is 11.6 Å². The zero-order valence-electron chi connectivity index (χ0n) is 16.4. The van der Waals surface area contributed by atoms with Gasteiger partial charge in [0.15, 0.2) is 0 Å². The number of carbonyl (C=O) groups excluding carboxylic acids is 1. The molecule has 0 aliphatic heterocycles. The van der Waals surface area contributed by atoms with Crippen molar-refractivity contribution in [3.8, 4) is 0 Å². The number of amides is 1. The van der Waals surface area contributed by atoms with E-state index in [1.54, 1.807) is 17.4 Å². The summed E-state index contributed by atoms with van der Waals surface area (Å²) in [5.41, 5.74) is 3.83. The maximum absolute atomic E-state index is 12.9. The molecule has 3 heterocycles. The summed E-state index contributed by atoms with van der Waals surface area (Å²) in [5, 5.41) is 15.1. The first kappa shape index (κ1) is 20.2. The molecule has 0 radical (unpaired) electrons. The molecule has 0 bridgehead atoms. The van der Waals surface area contributed by atoms with Gasteiger partial charge in [0.2, 0.25) is 5.91 Å². The maximum atomic E-state index is 12.9. The highest BCUT2D eigenvalue weighted by atomic mass is 35.5.